The zero-order chi connectivity index (χ0) is 22.0. The maximum absolute atomic E-state index is 13.6. The van der Waals surface area contributed by atoms with E-state index in [2.05, 4.69) is 10.3 Å². The fraction of sp³-hybridized carbons (Fsp3) is 0.0909. The Morgan fingerprint density at radius 1 is 1.10 bits per heavy atom. The molecule has 1 amide bonds. The molecule has 0 atom stereocenters. The highest BCUT2D eigenvalue weighted by Gasteiger charge is 2.22. The molecule has 0 bridgehead atoms. The molecule has 0 spiro atoms. The third kappa shape index (κ3) is 4.34. The summed E-state index contributed by atoms with van der Waals surface area (Å²) in [4.78, 5) is 16.7. The number of carbonyl (C=O) groups excluding carboxylic acids is 1. The van der Waals surface area contributed by atoms with E-state index < -0.39 is 22.3 Å². The topological polar surface area (TPSA) is 96.4 Å². The van der Waals surface area contributed by atoms with Crippen molar-refractivity contribution in [2.75, 3.05) is 0 Å². The lowest BCUT2D eigenvalue weighted by atomic mass is 10.2. The van der Waals surface area contributed by atoms with Crippen LogP contribution in [0.25, 0.3) is 10.1 Å². The standard InChI is InChI=1S/C22H17FN2O4S2/c23-17-4-3-16(13-26)21(10-17)31(28,29)18-5-1-14(2-6-18)11-25-22(27)19-9-15-7-8-24-12-20(15)30-19/h1-10,12,26H,11,13H2,(H,25,27). The van der Waals surface area contributed by atoms with Gasteiger partial charge in [0.2, 0.25) is 9.84 Å². The number of carbonyl (C=O) groups is 1. The van der Waals surface area contributed by atoms with Gasteiger partial charge in [0.05, 0.1) is 26.0 Å². The van der Waals surface area contributed by atoms with E-state index in [1.54, 1.807) is 30.6 Å². The molecule has 0 saturated heterocycles. The minimum absolute atomic E-state index is 0.0279. The molecule has 0 aliphatic heterocycles. The van der Waals surface area contributed by atoms with Crippen molar-refractivity contribution in [1.82, 2.24) is 10.3 Å². The lowest BCUT2D eigenvalue weighted by molar-refractivity contribution is 0.0955. The van der Waals surface area contributed by atoms with Crippen LogP contribution < -0.4 is 5.32 Å². The van der Waals surface area contributed by atoms with Gasteiger partial charge in [-0.15, -0.1) is 11.3 Å². The Kier molecular flexibility index (Phi) is 5.81. The summed E-state index contributed by atoms with van der Waals surface area (Å²) in [6.07, 6.45) is 3.37. The molecule has 2 aromatic carbocycles. The van der Waals surface area contributed by atoms with Crippen LogP contribution in [0.3, 0.4) is 0 Å². The summed E-state index contributed by atoms with van der Waals surface area (Å²) >= 11 is 1.34. The second kappa shape index (κ2) is 8.54. The molecule has 2 N–H and O–H groups in total. The Balaban J connectivity index is 1.49. The number of pyridine rings is 1. The average Bonchev–Trinajstić information content (AvgIpc) is 3.22. The van der Waals surface area contributed by atoms with Gasteiger partial charge in [0.25, 0.3) is 5.91 Å². The largest absolute Gasteiger partial charge is 0.392 e. The SMILES string of the molecule is O=C(NCc1ccc(S(=O)(=O)c2cc(F)ccc2CO)cc1)c1cc2ccncc2s1. The number of aromatic nitrogens is 1. The number of sulfone groups is 1. The summed E-state index contributed by atoms with van der Waals surface area (Å²) in [5.41, 5.74) is 0.827. The molecule has 31 heavy (non-hydrogen) atoms. The monoisotopic (exact) mass is 456 g/mol. The third-order valence-electron chi connectivity index (χ3n) is 4.72. The molecule has 2 aromatic heterocycles. The number of thiophene rings is 1. The van der Waals surface area contributed by atoms with Crippen molar-refractivity contribution in [3.8, 4) is 0 Å². The fourth-order valence-electron chi connectivity index (χ4n) is 3.09. The van der Waals surface area contributed by atoms with Gasteiger partial charge < -0.3 is 10.4 Å². The quantitative estimate of drug-likeness (QED) is 0.461. The van der Waals surface area contributed by atoms with Crippen LogP contribution >= 0.6 is 11.3 Å². The van der Waals surface area contributed by atoms with E-state index in [1.807, 2.05) is 6.07 Å². The van der Waals surface area contributed by atoms with E-state index in [4.69, 9.17) is 0 Å². The second-order valence-electron chi connectivity index (χ2n) is 6.76. The Bertz CT molecular complexity index is 1330. The molecule has 0 saturated carbocycles. The number of hydrogen-bond acceptors (Lipinski definition) is 6. The van der Waals surface area contributed by atoms with E-state index >= 15 is 0 Å². The predicted molar refractivity (Wildman–Crippen MR) is 115 cm³/mol. The van der Waals surface area contributed by atoms with Gasteiger partial charge in [0, 0.05) is 18.9 Å². The second-order valence-corrected chi connectivity index (χ2v) is 9.77. The summed E-state index contributed by atoms with van der Waals surface area (Å²) in [6.45, 7) is -0.305. The summed E-state index contributed by atoms with van der Waals surface area (Å²) in [5.74, 6) is -0.933. The number of rotatable bonds is 6. The number of nitrogens with one attached hydrogen (secondary N) is 1. The van der Waals surface area contributed by atoms with Gasteiger partial charge in [0.15, 0.2) is 0 Å². The molecule has 158 valence electrons. The van der Waals surface area contributed by atoms with E-state index in [0.29, 0.717) is 10.4 Å². The summed E-state index contributed by atoms with van der Waals surface area (Å²) < 4.78 is 40.2. The smallest absolute Gasteiger partial charge is 0.261 e. The molecule has 0 radical (unpaired) electrons. The maximum Gasteiger partial charge on any atom is 0.261 e. The molecular weight excluding hydrogens is 439 g/mol. The molecular formula is C22H17FN2O4S2. The Morgan fingerprint density at radius 3 is 2.58 bits per heavy atom. The molecule has 0 aliphatic carbocycles. The molecule has 9 heteroatoms. The fourth-order valence-corrected chi connectivity index (χ4v) is 5.53. The van der Waals surface area contributed by atoms with E-state index in [0.717, 1.165) is 22.2 Å². The minimum atomic E-state index is -4.00. The first-order valence-electron chi connectivity index (χ1n) is 9.23. The van der Waals surface area contributed by atoms with Crippen LogP contribution in [0.15, 0.2) is 76.8 Å². The van der Waals surface area contributed by atoms with Crippen LogP contribution in [-0.2, 0) is 23.0 Å². The van der Waals surface area contributed by atoms with Crippen molar-refractivity contribution >= 4 is 37.2 Å². The lowest BCUT2D eigenvalue weighted by Crippen LogP contribution is -2.21. The number of benzene rings is 2. The van der Waals surface area contributed by atoms with Gasteiger partial charge in [-0.05, 0) is 52.9 Å². The van der Waals surface area contributed by atoms with Crippen molar-refractivity contribution in [3.05, 3.63) is 88.8 Å². The highest BCUT2D eigenvalue weighted by atomic mass is 32.2. The first kappa shape index (κ1) is 21.1. The number of halogens is 1. The van der Waals surface area contributed by atoms with Gasteiger partial charge in [-0.3, -0.25) is 9.78 Å². The van der Waals surface area contributed by atoms with Crippen LogP contribution in [0, 0.1) is 5.82 Å². The van der Waals surface area contributed by atoms with Gasteiger partial charge in [-0.2, -0.15) is 0 Å². The number of fused-ring (bicyclic) bond motifs is 1. The normalized spacial score (nSPS) is 11.5. The zero-order valence-electron chi connectivity index (χ0n) is 16.1. The Labute approximate surface area is 181 Å². The van der Waals surface area contributed by atoms with Crippen LogP contribution in [0.1, 0.15) is 20.8 Å². The van der Waals surface area contributed by atoms with Crippen molar-refractivity contribution in [2.45, 2.75) is 22.9 Å². The highest BCUT2D eigenvalue weighted by Crippen LogP contribution is 2.26. The lowest BCUT2D eigenvalue weighted by Gasteiger charge is -2.10. The van der Waals surface area contributed by atoms with Crippen LogP contribution in [0.5, 0.6) is 0 Å². The van der Waals surface area contributed by atoms with Crippen molar-refractivity contribution in [1.29, 1.82) is 0 Å². The van der Waals surface area contributed by atoms with E-state index in [9.17, 15) is 22.7 Å². The first-order valence-corrected chi connectivity index (χ1v) is 11.5. The van der Waals surface area contributed by atoms with Crippen LogP contribution in [0.2, 0.25) is 0 Å². The summed E-state index contributed by atoms with van der Waals surface area (Å²) in [5, 5.41) is 13.2. The third-order valence-corrected chi connectivity index (χ3v) is 7.66. The van der Waals surface area contributed by atoms with Gasteiger partial charge in [0.1, 0.15) is 5.82 Å². The van der Waals surface area contributed by atoms with Crippen molar-refractivity contribution < 1.29 is 22.7 Å². The predicted octanol–water partition coefficient (Wildman–Crippen LogP) is 3.69. The summed E-state index contributed by atoms with van der Waals surface area (Å²) in [7, 11) is -4.00. The average molecular weight is 457 g/mol. The Morgan fingerprint density at radius 2 is 1.87 bits per heavy atom. The molecule has 0 fully saturated rings. The van der Waals surface area contributed by atoms with Crippen LogP contribution in [-0.4, -0.2) is 24.4 Å². The number of nitrogens with zero attached hydrogens (tertiary/aromatic N) is 1. The van der Waals surface area contributed by atoms with Crippen molar-refractivity contribution in [2.24, 2.45) is 0 Å². The number of aliphatic hydroxyl groups excluding tert-OH is 1. The molecule has 0 unspecified atom stereocenters. The number of aliphatic hydroxyl groups is 1. The Hall–Kier alpha value is -3.14. The first-order chi connectivity index (χ1) is 14.9. The van der Waals surface area contributed by atoms with Gasteiger partial charge >= 0.3 is 0 Å². The van der Waals surface area contributed by atoms with Crippen molar-refractivity contribution in [3.63, 3.8) is 0 Å². The molecule has 4 rings (SSSR count). The molecule has 0 aliphatic rings. The van der Waals surface area contributed by atoms with Gasteiger partial charge in [-0.1, -0.05) is 18.2 Å². The highest BCUT2D eigenvalue weighted by molar-refractivity contribution is 7.91. The van der Waals surface area contributed by atoms with E-state index in [-0.39, 0.29) is 27.8 Å². The maximum atomic E-state index is 13.6. The minimum Gasteiger partial charge on any atom is -0.392 e. The molecule has 2 heterocycles. The number of amides is 1. The van der Waals surface area contributed by atoms with E-state index in [1.165, 1.54) is 29.5 Å². The summed E-state index contributed by atoms with van der Waals surface area (Å²) in [6, 6.07) is 12.8. The van der Waals surface area contributed by atoms with Gasteiger partial charge in [-0.25, -0.2) is 12.8 Å². The number of hydrogen-bond donors (Lipinski definition) is 2. The molecule has 6 nitrogen and oxygen atoms in total. The zero-order valence-corrected chi connectivity index (χ0v) is 17.7. The van der Waals surface area contributed by atoms with Crippen LogP contribution in [0.4, 0.5) is 4.39 Å². The molecule has 4 aromatic rings.